The van der Waals surface area contributed by atoms with Crippen molar-refractivity contribution < 1.29 is 5.11 Å². The molecule has 3 aromatic rings. The van der Waals surface area contributed by atoms with Crippen LogP contribution in [0.1, 0.15) is 43.8 Å². The average Bonchev–Trinajstić information content (AvgIpc) is 3.30. The molecule has 2 fully saturated rings. The third kappa shape index (κ3) is 2.79. The minimum atomic E-state index is -0.436. The summed E-state index contributed by atoms with van der Waals surface area (Å²) in [5.41, 5.74) is 0.330. The number of aliphatic hydroxyl groups is 1. The van der Waals surface area contributed by atoms with Gasteiger partial charge >= 0.3 is 0 Å². The van der Waals surface area contributed by atoms with E-state index in [2.05, 4.69) is 20.2 Å². The van der Waals surface area contributed by atoms with Crippen molar-refractivity contribution in [2.45, 2.75) is 43.6 Å². The molecule has 0 amide bonds. The molecular weight excluding hydrogens is 330 g/mol. The standard InChI is InChI=1S/C18H23N7O/c26-18(7-1-8-18)13-23-11-5-14(6-12-23)17-21-20-15-3-4-16(22-25(15)17)24-10-2-9-19-24/h2-4,9-10,14,26H,1,5-8,11-13H2. The Labute approximate surface area is 151 Å². The second-order valence-corrected chi connectivity index (χ2v) is 7.60. The van der Waals surface area contributed by atoms with E-state index < -0.39 is 5.60 Å². The summed E-state index contributed by atoms with van der Waals surface area (Å²) in [5.74, 6) is 2.03. The first-order valence-corrected chi connectivity index (χ1v) is 9.37. The summed E-state index contributed by atoms with van der Waals surface area (Å²) in [5, 5.41) is 28.0. The van der Waals surface area contributed by atoms with Gasteiger partial charge in [0.1, 0.15) is 0 Å². The maximum Gasteiger partial charge on any atom is 0.178 e. The van der Waals surface area contributed by atoms with E-state index in [4.69, 9.17) is 5.10 Å². The van der Waals surface area contributed by atoms with Crippen LogP contribution in [0.25, 0.3) is 11.5 Å². The smallest absolute Gasteiger partial charge is 0.178 e. The lowest BCUT2D eigenvalue weighted by Crippen LogP contribution is -2.49. The number of fused-ring (bicyclic) bond motifs is 1. The van der Waals surface area contributed by atoms with Crippen LogP contribution in [0.2, 0.25) is 0 Å². The van der Waals surface area contributed by atoms with Crippen LogP contribution in [-0.4, -0.2) is 64.8 Å². The maximum absolute atomic E-state index is 10.4. The molecule has 1 N–H and O–H groups in total. The third-order valence-electron chi connectivity index (χ3n) is 5.77. The second-order valence-electron chi connectivity index (χ2n) is 7.60. The van der Waals surface area contributed by atoms with Gasteiger partial charge in [-0.15, -0.1) is 15.3 Å². The van der Waals surface area contributed by atoms with Gasteiger partial charge in [-0.25, -0.2) is 4.68 Å². The number of likely N-dealkylation sites (tertiary alicyclic amines) is 1. The van der Waals surface area contributed by atoms with Crippen molar-refractivity contribution in [1.29, 1.82) is 0 Å². The summed E-state index contributed by atoms with van der Waals surface area (Å²) in [6.07, 6.45) is 8.70. The highest BCUT2D eigenvalue weighted by Gasteiger charge is 2.37. The van der Waals surface area contributed by atoms with E-state index in [0.717, 1.165) is 69.0 Å². The van der Waals surface area contributed by atoms with Gasteiger partial charge in [-0.1, -0.05) is 0 Å². The molecule has 8 nitrogen and oxygen atoms in total. The van der Waals surface area contributed by atoms with E-state index in [1.165, 1.54) is 0 Å². The van der Waals surface area contributed by atoms with Gasteiger partial charge in [0.2, 0.25) is 0 Å². The number of piperidine rings is 1. The summed E-state index contributed by atoms with van der Waals surface area (Å²) < 4.78 is 3.60. The largest absolute Gasteiger partial charge is 0.389 e. The normalized spacial score (nSPS) is 21.1. The molecule has 0 radical (unpaired) electrons. The van der Waals surface area contributed by atoms with Crippen LogP contribution in [0.4, 0.5) is 0 Å². The van der Waals surface area contributed by atoms with Crippen molar-refractivity contribution in [3.8, 4) is 5.82 Å². The lowest BCUT2D eigenvalue weighted by atomic mass is 9.79. The molecule has 136 valence electrons. The number of β-amino-alcohol motifs (C(OH)–C–C–N with tert-alkyl or cyclic N) is 1. The first kappa shape index (κ1) is 15.9. The van der Waals surface area contributed by atoms with Crippen molar-refractivity contribution >= 4 is 5.65 Å². The molecule has 26 heavy (non-hydrogen) atoms. The predicted octanol–water partition coefficient (Wildman–Crippen LogP) is 1.40. The molecule has 5 rings (SSSR count). The van der Waals surface area contributed by atoms with Crippen LogP contribution in [0.3, 0.4) is 0 Å². The fourth-order valence-electron chi connectivity index (χ4n) is 4.09. The molecule has 8 heteroatoms. The van der Waals surface area contributed by atoms with E-state index in [0.29, 0.717) is 5.92 Å². The van der Waals surface area contributed by atoms with Gasteiger partial charge in [0.25, 0.3) is 0 Å². The highest BCUT2D eigenvalue weighted by Crippen LogP contribution is 2.34. The summed E-state index contributed by atoms with van der Waals surface area (Å²) in [6, 6.07) is 5.72. The Kier molecular flexibility index (Phi) is 3.75. The molecule has 0 unspecified atom stereocenters. The lowest BCUT2D eigenvalue weighted by molar-refractivity contribution is -0.0623. The Morgan fingerprint density at radius 1 is 1.15 bits per heavy atom. The number of rotatable bonds is 4. The minimum Gasteiger partial charge on any atom is -0.389 e. The van der Waals surface area contributed by atoms with Crippen molar-refractivity contribution in [2.75, 3.05) is 19.6 Å². The lowest BCUT2D eigenvalue weighted by Gasteiger charge is -2.42. The molecule has 4 heterocycles. The predicted molar refractivity (Wildman–Crippen MR) is 95.1 cm³/mol. The summed E-state index contributed by atoms with van der Waals surface area (Å²) in [6.45, 7) is 2.78. The molecule has 1 saturated carbocycles. The Morgan fingerprint density at radius 2 is 2.00 bits per heavy atom. The zero-order chi connectivity index (χ0) is 17.6. The zero-order valence-corrected chi connectivity index (χ0v) is 14.7. The number of nitrogens with zero attached hydrogens (tertiary/aromatic N) is 7. The van der Waals surface area contributed by atoms with Gasteiger partial charge in [-0.2, -0.15) is 9.61 Å². The average molecular weight is 353 g/mol. The maximum atomic E-state index is 10.4. The molecule has 2 aliphatic rings. The second kappa shape index (κ2) is 6.14. The highest BCUT2D eigenvalue weighted by molar-refractivity contribution is 5.39. The fraction of sp³-hybridized carbons (Fsp3) is 0.556. The SMILES string of the molecule is OC1(CN2CCC(c3nnc4ccc(-n5cccn5)nn34)CC2)CCC1. The number of hydrogen-bond donors (Lipinski definition) is 1. The molecule has 1 aliphatic carbocycles. The van der Waals surface area contributed by atoms with Crippen LogP contribution in [0.5, 0.6) is 0 Å². The minimum absolute atomic E-state index is 0.345. The van der Waals surface area contributed by atoms with Crippen LogP contribution >= 0.6 is 0 Å². The number of aromatic nitrogens is 6. The van der Waals surface area contributed by atoms with Gasteiger partial charge in [-0.05, 0) is 63.4 Å². The van der Waals surface area contributed by atoms with Crippen molar-refractivity contribution in [3.63, 3.8) is 0 Å². The monoisotopic (exact) mass is 353 g/mol. The van der Waals surface area contributed by atoms with Crippen molar-refractivity contribution in [1.82, 2.24) is 34.5 Å². The molecular formula is C18H23N7O. The van der Waals surface area contributed by atoms with E-state index >= 15 is 0 Å². The van der Waals surface area contributed by atoms with Crippen LogP contribution in [0, 0.1) is 0 Å². The van der Waals surface area contributed by atoms with Crippen LogP contribution in [-0.2, 0) is 0 Å². The van der Waals surface area contributed by atoms with Gasteiger partial charge < -0.3 is 10.0 Å². The topological polar surface area (TPSA) is 84.4 Å². The number of hydrogen-bond acceptors (Lipinski definition) is 6. The fourth-order valence-corrected chi connectivity index (χ4v) is 4.09. The Morgan fingerprint density at radius 3 is 2.69 bits per heavy atom. The Balaban J connectivity index is 1.34. The van der Waals surface area contributed by atoms with E-state index in [9.17, 15) is 5.11 Å². The molecule has 3 aromatic heterocycles. The van der Waals surface area contributed by atoms with E-state index in [-0.39, 0.29) is 0 Å². The molecule has 1 aliphatic heterocycles. The van der Waals surface area contributed by atoms with E-state index in [1.54, 1.807) is 10.9 Å². The van der Waals surface area contributed by atoms with Gasteiger partial charge in [0.15, 0.2) is 17.3 Å². The van der Waals surface area contributed by atoms with Crippen molar-refractivity contribution in [2.24, 2.45) is 0 Å². The summed E-state index contributed by atoms with van der Waals surface area (Å²) >= 11 is 0. The highest BCUT2D eigenvalue weighted by atomic mass is 16.3. The van der Waals surface area contributed by atoms with Crippen LogP contribution < -0.4 is 0 Å². The van der Waals surface area contributed by atoms with Crippen molar-refractivity contribution in [3.05, 3.63) is 36.4 Å². The van der Waals surface area contributed by atoms with Gasteiger partial charge in [-0.3, -0.25) is 0 Å². The molecule has 1 saturated heterocycles. The third-order valence-corrected chi connectivity index (χ3v) is 5.77. The van der Waals surface area contributed by atoms with E-state index in [1.807, 2.05) is 28.9 Å². The van der Waals surface area contributed by atoms with Gasteiger partial charge in [0, 0.05) is 24.9 Å². The first-order valence-electron chi connectivity index (χ1n) is 9.37. The van der Waals surface area contributed by atoms with Crippen LogP contribution in [0.15, 0.2) is 30.6 Å². The zero-order valence-electron chi connectivity index (χ0n) is 14.7. The van der Waals surface area contributed by atoms with Gasteiger partial charge in [0.05, 0.1) is 5.60 Å². The summed E-state index contributed by atoms with van der Waals surface area (Å²) in [7, 11) is 0. The Hall–Kier alpha value is -2.32. The molecule has 0 bridgehead atoms. The molecule has 0 spiro atoms. The molecule has 0 atom stereocenters. The quantitative estimate of drug-likeness (QED) is 0.763. The Bertz CT molecular complexity index is 892. The summed E-state index contributed by atoms with van der Waals surface area (Å²) in [4.78, 5) is 2.39. The molecule has 0 aromatic carbocycles. The first-order chi connectivity index (χ1) is 12.7.